The van der Waals surface area contributed by atoms with Gasteiger partial charge in [-0.2, -0.15) is 0 Å². The molecule has 0 radical (unpaired) electrons. The Labute approximate surface area is 105 Å². The van der Waals surface area contributed by atoms with Gasteiger partial charge < -0.3 is 5.73 Å². The highest BCUT2D eigenvalue weighted by Crippen LogP contribution is 2.07. The lowest BCUT2D eigenvalue weighted by atomic mass is 10.2. The Bertz CT molecular complexity index is 433. The van der Waals surface area contributed by atoms with E-state index in [4.69, 9.17) is 5.73 Å². The zero-order valence-electron chi connectivity index (χ0n) is 10.3. The number of rotatable bonds is 4. The van der Waals surface area contributed by atoms with E-state index >= 15 is 0 Å². The van der Waals surface area contributed by atoms with Gasteiger partial charge in [-0.15, -0.1) is 0 Å². The second kappa shape index (κ2) is 6.11. The first-order valence-electron chi connectivity index (χ1n) is 5.45. The maximum absolute atomic E-state index is 12.7. The van der Waals surface area contributed by atoms with Crippen molar-refractivity contribution in [2.45, 2.75) is 19.5 Å². The third kappa shape index (κ3) is 4.14. The normalized spacial score (nSPS) is 12.2. The van der Waals surface area contributed by atoms with Crippen LogP contribution in [0.3, 0.4) is 0 Å². The summed E-state index contributed by atoms with van der Waals surface area (Å²) in [6, 6.07) is 4.62. The molecule has 5 nitrogen and oxygen atoms in total. The Kier molecular flexibility index (Phi) is 4.79. The molecule has 0 saturated carbocycles. The van der Waals surface area contributed by atoms with Crippen molar-refractivity contribution < 1.29 is 14.0 Å². The van der Waals surface area contributed by atoms with E-state index in [0.717, 1.165) is 5.56 Å². The average Bonchev–Trinajstić information content (AvgIpc) is 2.30. The monoisotopic (exact) mass is 253 g/mol. The molecule has 18 heavy (non-hydrogen) atoms. The van der Waals surface area contributed by atoms with Crippen LogP contribution in [-0.2, 0) is 11.3 Å². The molecule has 0 aliphatic rings. The van der Waals surface area contributed by atoms with Gasteiger partial charge in [0.05, 0.1) is 6.04 Å². The number of imide groups is 1. The minimum absolute atomic E-state index is 0.305. The number of hydrogen-bond acceptors (Lipinski definition) is 3. The highest BCUT2D eigenvalue weighted by Gasteiger charge is 2.19. The van der Waals surface area contributed by atoms with Crippen LogP contribution >= 0.6 is 0 Å². The van der Waals surface area contributed by atoms with Crippen LogP contribution in [0.15, 0.2) is 24.3 Å². The average molecular weight is 253 g/mol. The predicted molar refractivity (Wildman–Crippen MR) is 65.1 cm³/mol. The van der Waals surface area contributed by atoms with Crippen LogP contribution in [0, 0.1) is 5.82 Å². The summed E-state index contributed by atoms with van der Waals surface area (Å²) in [5.74, 6) is -0.770. The fraction of sp³-hybridized carbons (Fsp3) is 0.333. The number of primary amides is 1. The number of carbonyl (C=O) groups is 2. The first-order chi connectivity index (χ1) is 8.40. The van der Waals surface area contributed by atoms with Crippen LogP contribution in [-0.4, -0.2) is 29.9 Å². The number of urea groups is 1. The summed E-state index contributed by atoms with van der Waals surface area (Å²) in [7, 11) is 1.73. The summed E-state index contributed by atoms with van der Waals surface area (Å²) in [6.07, 6.45) is 0. The molecule has 0 aliphatic carbocycles. The van der Waals surface area contributed by atoms with Gasteiger partial charge >= 0.3 is 6.03 Å². The number of hydrogen-bond donors (Lipinski definition) is 2. The summed E-state index contributed by atoms with van der Waals surface area (Å²) < 4.78 is 12.7. The third-order valence-electron chi connectivity index (χ3n) is 2.63. The molecule has 0 fully saturated rings. The first kappa shape index (κ1) is 14.1. The lowest BCUT2D eigenvalue weighted by Gasteiger charge is -2.23. The molecule has 0 aromatic heterocycles. The van der Waals surface area contributed by atoms with Gasteiger partial charge in [0, 0.05) is 6.54 Å². The highest BCUT2D eigenvalue weighted by atomic mass is 19.1. The lowest BCUT2D eigenvalue weighted by Crippen LogP contribution is -2.46. The second-order valence-corrected chi connectivity index (χ2v) is 4.07. The minimum atomic E-state index is -0.873. The maximum Gasteiger partial charge on any atom is 0.318 e. The van der Waals surface area contributed by atoms with Crippen molar-refractivity contribution in [2.24, 2.45) is 5.73 Å². The van der Waals surface area contributed by atoms with Gasteiger partial charge in [0.15, 0.2) is 0 Å². The van der Waals surface area contributed by atoms with E-state index in [1.54, 1.807) is 31.0 Å². The predicted octanol–water partition coefficient (Wildman–Crippen LogP) is 0.841. The molecule has 1 rings (SSSR count). The Morgan fingerprint density at radius 3 is 2.44 bits per heavy atom. The SMILES string of the molecule is C[C@@H](C(=O)NC(N)=O)N(C)Cc1ccc(F)cc1. The summed E-state index contributed by atoms with van der Waals surface area (Å²) in [6.45, 7) is 2.12. The number of halogens is 1. The van der Waals surface area contributed by atoms with Crippen molar-refractivity contribution in [3.8, 4) is 0 Å². The number of nitrogens with one attached hydrogen (secondary N) is 1. The largest absolute Gasteiger partial charge is 0.351 e. The Morgan fingerprint density at radius 1 is 1.39 bits per heavy atom. The van der Waals surface area contributed by atoms with Crippen LogP contribution in [0.25, 0.3) is 0 Å². The van der Waals surface area contributed by atoms with E-state index < -0.39 is 18.0 Å². The van der Waals surface area contributed by atoms with Crippen molar-refractivity contribution in [2.75, 3.05) is 7.05 Å². The molecule has 0 spiro atoms. The first-order valence-corrected chi connectivity index (χ1v) is 5.45. The molecule has 0 heterocycles. The van der Waals surface area contributed by atoms with Gasteiger partial charge in [-0.05, 0) is 31.7 Å². The Morgan fingerprint density at radius 2 is 1.94 bits per heavy atom. The fourth-order valence-electron chi connectivity index (χ4n) is 1.44. The van der Waals surface area contributed by atoms with Gasteiger partial charge in [0.25, 0.3) is 0 Å². The van der Waals surface area contributed by atoms with E-state index in [0.29, 0.717) is 6.54 Å². The molecule has 1 aromatic carbocycles. The molecule has 3 amide bonds. The topological polar surface area (TPSA) is 75.4 Å². The Balaban J connectivity index is 2.59. The number of likely N-dealkylation sites (N-methyl/N-ethyl adjacent to an activating group) is 1. The quantitative estimate of drug-likeness (QED) is 0.835. The molecule has 6 heteroatoms. The van der Waals surface area contributed by atoms with E-state index in [9.17, 15) is 14.0 Å². The number of benzene rings is 1. The Hall–Kier alpha value is -1.95. The lowest BCUT2D eigenvalue weighted by molar-refractivity contribution is -0.124. The molecule has 0 bridgehead atoms. The molecular formula is C12H16FN3O2. The molecule has 0 saturated heterocycles. The third-order valence-corrected chi connectivity index (χ3v) is 2.63. The molecular weight excluding hydrogens is 237 g/mol. The summed E-state index contributed by atoms with van der Waals surface area (Å²) in [5, 5.41) is 2.02. The summed E-state index contributed by atoms with van der Waals surface area (Å²) in [5.41, 5.74) is 5.74. The summed E-state index contributed by atoms with van der Waals surface area (Å²) >= 11 is 0. The van der Waals surface area contributed by atoms with E-state index in [-0.39, 0.29) is 5.82 Å². The smallest absolute Gasteiger partial charge is 0.318 e. The van der Waals surface area contributed by atoms with Crippen molar-refractivity contribution in [3.05, 3.63) is 35.6 Å². The van der Waals surface area contributed by atoms with Crippen LogP contribution in [0.1, 0.15) is 12.5 Å². The fourth-order valence-corrected chi connectivity index (χ4v) is 1.44. The summed E-state index contributed by atoms with van der Waals surface area (Å²) in [4.78, 5) is 23.8. The molecule has 1 atom stereocenters. The molecule has 1 aromatic rings. The van der Waals surface area contributed by atoms with Crippen LogP contribution < -0.4 is 11.1 Å². The molecule has 3 N–H and O–H groups in total. The zero-order chi connectivity index (χ0) is 13.7. The van der Waals surface area contributed by atoms with E-state index in [1.165, 1.54) is 12.1 Å². The van der Waals surface area contributed by atoms with Crippen molar-refractivity contribution in [1.82, 2.24) is 10.2 Å². The second-order valence-electron chi connectivity index (χ2n) is 4.07. The number of nitrogens with two attached hydrogens (primary N) is 1. The minimum Gasteiger partial charge on any atom is -0.351 e. The van der Waals surface area contributed by atoms with Gasteiger partial charge in [0.1, 0.15) is 5.82 Å². The van der Waals surface area contributed by atoms with E-state index in [1.807, 2.05) is 5.32 Å². The number of carbonyl (C=O) groups excluding carboxylic acids is 2. The number of nitrogens with zero attached hydrogens (tertiary/aromatic N) is 1. The van der Waals surface area contributed by atoms with Gasteiger partial charge in [0.2, 0.25) is 5.91 Å². The molecule has 0 unspecified atom stereocenters. The van der Waals surface area contributed by atoms with Gasteiger partial charge in [-0.1, -0.05) is 12.1 Å². The van der Waals surface area contributed by atoms with Crippen LogP contribution in [0.5, 0.6) is 0 Å². The number of amides is 3. The molecule has 98 valence electrons. The van der Waals surface area contributed by atoms with Gasteiger partial charge in [-0.3, -0.25) is 15.0 Å². The van der Waals surface area contributed by atoms with Crippen molar-refractivity contribution in [1.29, 1.82) is 0 Å². The highest BCUT2D eigenvalue weighted by molar-refractivity contribution is 5.96. The van der Waals surface area contributed by atoms with E-state index in [2.05, 4.69) is 0 Å². The maximum atomic E-state index is 12.7. The van der Waals surface area contributed by atoms with Crippen LogP contribution in [0.4, 0.5) is 9.18 Å². The van der Waals surface area contributed by atoms with Crippen molar-refractivity contribution in [3.63, 3.8) is 0 Å². The standard InChI is InChI=1S/C12H16FN3O2/c1-8(11(17)15-12(14)18)16(2)7-9-3-5-10(13)6-4-9/h3-6,8H,7H2,1-2H3,(H3,14,15,17,18)/t8-/m0/s1. The zero-order valence-corrected chi connectivity index (χ0v) is 10.3. The van der Waals surface area contributed by atoms with Gasteiger partial charge in [-0.25, -0.2) is 9.18 Å². The van der Waals surface area contributed by atoms with Crippen LogP contribution in [0.2, 0.25) is 0 Å². The molecule has 0 aliphatic heterocycles. The van der Waals surface area contributed by atoms with Crippen molar-refractivity contribution >= 4 is 11.9 Å².